The number of esters is 1. The van der Waals surface area contributed by atoms with Crippen LogP contribution in [0.5, 0.6) is 0 Å². The predicted molar refractivity (Wildman–Crippen MR) is 63.3 cm³/mol. The summed E-state index contributed by atoms with van der Waals surface area (Å²) in [4.78, 5) is 33.0. The zero-order valence-corrected chi connectivity index (χ0v) is 10.9. The van der Waals surface area contributed by atoms with E-state index in [1.54, 1.807) is 0 Å². The number of ketones is 1. The van der Waals surface area contributed by atoms with Gasteiger partial charge in [0.05, 0.1) is 13.5 Å². The molecule has 2 unspecified atom stereocenters. The van der Waals surface area contributed by atoms with Gasteiger partial charge in [0.2, 0.25) is 5.91 Å². The molecule has 0 aliphatic heterocycles. The van der Waals surface area contributed by atoms with Crippen molar-refractivity contribution in [1.82, 2.24) is 5.32 Å². The van der Waals surface area contributed by atoms with Crippen LogP contribution in [0.3, 0.4) is 0 Å². The second kappa shape index (κ2) is 7.81. The molecule has 5 nitrogen and oxygen atoms in total. The zero-order valence-electron chi connectivity index (χ0n) is 10.9. The average Bonchev–Trinajstić information content (AvgIpc) is 2.23. The number of carbonyl (C=O) groups excluding carboxylic acids is 3. The highest BCUT2D eigenvalue weighted by molar-refractivity contribution is 5.96. The molecule has 0 spiro atoms. The van der Waals surface area contributed by atoms with Crippen LogP contribution in [0, 0.1) is 5.92 Å². The smallest absolute Gasteiger partial charge is 0.305 e. The van der Waals surface area contributed by atoms with Gasteiger partial charge in [-0.15, -0.1) is 0 Å². The topological polar surface area (TPSA) is 72.5 Å². The van der Waals surface area contributed by atoms with Crippen LogP contribution in [0.15, 0.2) is 0 Å². The van der Waals surface area contributed by atoms with Crippen molar-refractivity contribution in [2.24, 2.45) is 5.92 Å². The van der Waals surface area contributed by atoms with Gasteiger partial charge in [-0.25, -0.2) is 0 Å². The van der Waals surface area contributed by atoms with E-state index < -0.39 is 0 Å². The van der Waals surface area contributed by atoms with Gasteiger partial charge in [0, 0.05) is 12.5 Å². The highest BCUT2D eigenvalue weighted by atomic mass is 16.5. The van der Waals surface area contributed by atoms with E-state index >= 15 is 0 Å². The maximum Gasteiger partial charge on any atom is 0.305 e. The highest BCUT2D eigenvalue weighted by Gasteiger charge is 2.16. The SMILES string of the molecule is COC(=O)CCC(C)C(C)NC(=O)CC(C)=O. The molecule has 0 aliphatic carbocycles. The van der Waals surface area contributed by atoms with Gasteiger partial charge in [-0.3, -0.25) is 14.4 Å². The zero-order chi connectivity index (χ0) is 13.4. The molecular formula is C12H21NO4. The maximum absolute atomic E-state index is 11.3. The van der Waals surface area contributed by atoms with Crippen molar-refractivity contribution >= 4 is 17.7 Å². The molecule has 0 heterocycles. The number of carbonyl (C=O) groups is 3. The lowest BCUT2D eigenvalue weighted by molar-refractivity contribution is -0.141. The maximum atomic E-state index is 11.3. The summed E-state index contributed by atoms with van der Waals surface area (Å²) >= 11 is 0. The van der Waals surface area contributed by atoms with E-state index in [1.165, 1.54) is 14.0 Å². The lowest BCUT2D eigenvalue weighted by Gasteiger charge is -2.20. The lowest BCUT2D eigenvalue weighted by atomic mass is 9.98. The largest absolute Gasteiger partial charge is 0.469 e. The van der Waals surface area contributed by atoms with Crippen molar-refractivity contribution in [2.45, 2.75) is 46.1 Å². The van der Waals surface area contributed by atoms with Gasteiger partial charge in [-0.1, -0.05) is 6.92 Å². The summed E-state index contributed by atoms with van der Waals surface area (Å²) in [6, 6.07) is -0.0634. The number of nitrogens with one attached hydrogen (secondary N) is 1. The first-order valence-corrected chi connectivity index (χ1v) is 5.72. The Morgan fingerprint density at radius 1 is 1.24 bits per heavy atom. The lowest BCUT2D eigenvalue weighted by Crippen LogP contribution is -2.37. The number of Topliss-reactive ketones (excluding diaryl/α,β-unsaturated/α-hetero) is 1. The van der Waals surface area contributed by atoms with Crippen LogP contribution in [-0.4, -0.2) is 30.8 Å². The molecule has 0 saturated carbocycles. The summed E-state index contributed by atoms with van der Waals surface area (Å²) in [6.07, 6.45) is 0.896. The predicted octanol–water partition coefficient (Wildman–Crippen LogP) is 1.06. The van der Waals surface area contributed by atoms with Crippen molar-refractivity contribution in [1.29, 1.82) is 0 Å². The Bertz CT molecular complexity index is 288. The fourth-order valence-electron chi connectivity index (χ4n) is 1.37. The number of hydrogen-bond donors (Lipinski definition) is 1. The molecule has 5 heteroatoms. The Morgan fingerprint density at radius 2 is 1.82 bits per heavy atom. The van der Waals surface area contributed by atoms with E-state index in [0.29, 0.717) is 12.8 Å². The second-order valence-corrected chi connectivity index (χ2v) is 4.33. The quantitative estimate of drug-likeness (QED) is 0.536. The minimum Gasteiger partial charge on any atom is -0.469 e. The Morgan fingerprint density at radius 3 is 2.29 bits per heavy atom. The van der Waals surface area contributed by atoms with Crippen molar-refractivity contribution in [2.75, 3.05) is 7.11 Å². The van der Waals surface area contributed by atoms with Crippen LogP contribution in [0.4, 0.5) is 0 Å². The van der Waals surface area contributed by atoms with Gasteiger partial charge in [0.1, 0.15) is 5.78 Å². The number of methoxy groups -OCH3 is 1. The molecule has 0 aromatic carbocycles. The van der Waals surface area contributed by atoms with Gasteiger partial charge >= 0.3 is 5.97 Å². The van der Waals surface area contributed by atoms with E-state index in [9.17, 15) is 14.4 Å². The summed E-state index contributed by atoms with van der Waals surface area (Å²) in [6.45, 7) is 5.19. The van der Waals surface area contributed by atoms with E-state index in [0.717, 1.165) is 0 Å². The Labute approximate surface area is 102 Å². The first-order chi connectivity index (χ1) is 7.86. The highest BCUT2D eigenvalue weighted by Crippen LogP contribution is 2.11. The summed E-state index contributed by atoms with van der Waals surface area (Å²) in [5.41, 5.74) is 0. The molecule has 0 aromatic heterocycles. The van der Waals surface area contributed by atoms with Crippen molar-refractivity contribution < 1.29 is 19.1 Å². The minimum atomic E-state index is -0.269. The molecule has 0 saturated heterocycles. The van der Waals surface area contributed by atoms with E-state index in [1.807, 2.05) is 13.8 Å². The van der Waals surface area contributed by atoms with Crippen LogP contribution in [0.2, 0.25) is 0 Å². The van der Waals surface area contributed by atoms with E-state index in [-0.39, 0.29) is 36.0 Å². The van der Waals surface area contributed by atoms with Gasteiger partial charge in [-0.05, 0) is 26.2 Å². The molecule has 1 N–H and O–H groups in total. The van der Waals surface area contributed by atoms with Gasteiger partial charge < -0.3 is 10.1 Å². The first kappa shape index (κ1) is 15.6. The molecule has 0 fully saturated rings. The Kier molecular flexibility index (Phi) is 7.18. The molecule has 98 valence electrons. The van der Waals surface area contributed by atoms with Crippen LogP contribution in [0.25, 0.3) is 0 Å². The Balaban J connectivity index is 3.96. The summed E-state index contributed by atoms with van der Waals surface area (Å²) < 4.78 is 4.54. The third-order valence-electron chi connectivity index (χ3n) is 2.68. The fourth-order valence-corrected chi connectivity index (χ4v) is 1.37. The van der Waals surface area contributed by atoms with Crippen molar-refractivity contribution in [3.05, 3.63) is 0 Å². The van der Waals surface area contributed by atoms with E-state index in [4.69, 9.17) is 0 Å². The molecule has 1 amide bonds. The third kappa shape index (κ3) is 7.49. The number of hydrogen-bond acceptors (Lipinski definition) is 4. The first-order valence-electron chi connectivity index (χ1n) is 5.72. The normalized spacial score (nSPS) is 13.6. The van der Waals surface area contributed by atoms with Crippen molar-refractivity contribution in [3.63, 3.8) is 0 Å². The van der Waals surface area contributed by atoms with Crippen LogP contribution >= 0.6 is 0 Å². The number of rotatable bonds is 7. The van der Waals surface area contributed by atoms with Crippen LogP contribution in [0.1, 0.15) is 40.0 Å². The molecule has 17 heavy (non-hydrogen) atoms. The summed E-state index contributed by atoms with van der Waals surface area (Å²) in [7, 11) is 1.35. The molecule has 0 rings (SSSR count). The van der Waals surface area contributed by atoms with E-state index in [2.05, 4.69) is 10.1 Å². The standard InChI is InChI=1S/C12H21NO4/c1-8(5-6-12(16)17-4)10(3)13-11(15)7-9(2)14/h8,10H,5-7H2,1-4H3,(H,13,15). The van der Waals surface area contributed by atoms with Crippen molar-refractivity contribution in [3.8, 4) is 0 Å². The molecule has 2 atom stereocenters. The summed E-state index contributed by atoms with van der Waals surface area (Å²) in [5.74, 6) is -0.518. The monoisotopic (exact) mass is 243 g/mol. The molecule has 0 aliphatic rings. The number of amides is 1. The molecular weight excluding hydrogens is 222 g/mol. The summed E-state index contributed by atoms with van der Waals surface area (Å²) in [5, 5.41) is 2.74. The third-order valence-corrected chi connectivity index (χ3v) is 2.68. The molecule has 0 bridgehead atoms. The van der Waals surface area contributed by atoms with Gasteiger partial charge in [0.15, 0.2) is 0 Å². The van der Waals surface area contributed by atoms with Gasteiger partial charge in [-0.2, -0.15) is 0 Å². The average molecular weight is 243 g/mol. The van der Waals surface area contributed by atoms with Crippen LogP contribution in [-0.2, 0) is 19.1 Å². The molecule has 0 aromatic rings. The second-order valence-electron chi connectivity index (χ2n) is 4.33. The van der Waals surface area contributed by atoms with Crippen LogP contribution < -0.4 is 5.32 Å². The van der Waals surface area contributed by atoms with Gasteiger partial charge in [0.25, 0.3) is 0 Å². The fraction of sp³-hybridized carbons (Fsp3) is 0.750. The molecule has 0 radical (unpaired) electrons. The minimum absolute atomic E-state index is 0.0634. The number of ether oxygens (including phenoxy) is 1. The Hall–Kier alpha value is -1.39.